The van der Waals surface area contributed by atoms with Gasteiger partial charge in [0.2, 0.25) is 0 Å². The summed E-state index contributed by atoms with van der Waals surface area (Å²) in [5, 5.41) is 0. The van der Waals surface area contributed by atoms with Gasteiger partial charge in [0.25, 0.3) is 0 Å². The molecule has 6 nitrogen and oxygen atoms in total. The summed E-state index contributed by atoms with van der Waals surface area (Å²) in [7, 11) is 0. The van der Waals surface area contributed by atoms with E-state index in [9.17, 15) is 14.4 Å². The van der Waals surface area contributed by atoms with Gasteiger partial charge in [-0.1, -0.05) is 276 Å². The smallest absolute Gasteiger partial charge is 0.306 e. The highest BCUT2D eigenvalue weighted by molar-refractivity contribution is 5.71. The van der Waals surface area contributed by atoms with Gasteiger partial charge in [-0.2, -0.15) is 0 Å². The maximum absolute atomic E-state index is 12.9. The Bertz CT molecular complexity index is 1700. The molecular formula is C74H122O6. The summed E-state index contributed by atoms with van der Waals surface area (Å²) in [6.45, 7) is 6.38. The lowest BCUT2D eigenvalue weighted by atomic mass is 10.0. The van der Waals surface area contributed by atoms with Crippen LogP contribution in [0.3, 0.4) is 0 Å². The Morgan fingerprint density at radius 2 is 0.487 bits per heavy atom. The second-order valence-electron chi connectivity index (χ2n) is 21.6. The minimum atomic E-state index is -0.798. The van der Waals surface area contributed by atoms with Crippen LogP contribution < -0.4 is 0 Å². The summed E-state index contributed by atoms with van der Waals surface area (Å²) in [5.41, 5.74) is 0. The highest BCUT2D eigenvalue weighted by Gasteiger charge is 2.19. The molecule has 0 heterocycles. The van der Waals surface area contributed by atoms with E-state index in [-0.39, 0.29) is 31.1 Å². The average Bonchev–Trinajstić information content (AvgIpc) is 3.46. The molecule has 0 bridgehead atoms. The zero-order valence-electron chi connectivity index (χ0n) is 52.0. The Kier molecular flexibility index (Phi) is 63.3. The van der Waals surface area contributed by atoms with E-state index in [0.29, 0.717) is 19.3 Å². The van der Waals surface area contributed by atoms with Gasteiger partial charge in [-0.3, -0.25) is 14.4 Å². The Hall–Kier alpha value is -4.45. The molecule has 0 saturated carbocycles. The molecule has 0 aromatic rings. The monoisotopic (exact) mass is 1110 g/mol. The summed E-state index contributed by atoms with van der Waals surface area (Å²) in [5.74, 6) is -0.929. The van der Waals surface area contributed by atoms with Gasteiger partial charge in [-0.05, 0) is 135 Å². The van der Waals surface area contributed by atoms with Crippen molar-refractivity contribution in [1.82, 2.24) is 0 Å². The number of allylic oxidation sites excluding steroid dienone is 22. The fraction of sp³-hybridized carbons (Fsp3) is 0.662. The molecule has 80 heavy (non-hydrogen) atoms. The lowest BCUT2D eigenvalue weighted by Gasteiger charge is -2.18. The van der Waals surface area contributed by atoms with Crippen LogP contribution >= 0.6 is 0 Å². The molecule has 0 fully saturated rings. The molecule has 6 heteroatoms. The van der Waals surface area contributed by atoms with Crippen LogP contribution in [0.4, 0.5) is 0 Å². The highest BCUT2D eigenvalue weighted by Crippen LogP contribution is 2.16. The van der Waals surface area contributed by atoms with Crippen LogP contribution in [0.5, 0.6) is 0 Å². The average molecular weight is 1110 g/mol. The minimum absolute atomic E-state index is 0.0925. The summed E-state index contributed by atoms with van der Waals surface area (Å²) in [6, 6.07) is 0. The van der Waals surface area contributed by atoms with E-state index in [1.54, 1.807) is 0 Å². The van der Waals surface area contributed by atoms with Gasteiger partial charge in [0.1, 0.15) is 13.2 Å². The number of carbonyl (C=O) groups is 3. The van der Waals surface area contributed by atoms with Gasteiger partial charge in [-0.15, -0.1) is 0 Å². The number of rotatable bonds is 59. The van der Waals surface area contributed by atoms with Crippen molar-refractivity contribution in [2.45, 2.75) is 303 Å². The number of unbranched alkanes of at least 4 members (excludes halogenated alkanes) is 26. The Balaban J connectivity index is 4.19. The van der Waals surface area contributed by atoms with Crippen molar-refractivity contribution in [3.05, 3.63) is 134 Å². The van der Waals surface area contributed by atoms with Crippen molar-refractivity contribution in [2.24, 2.45) is 0 Å². The first kappa shape index (κ1) is 75.5. The van der Waals surface area contributed by atoms with Crippen molar-refractivity contribution in [1.29, 1.82) is 0 Å². The van der Waals surface area contributed by atoms with Crippen LogP contribution in [0.1, 0.15) is 297 Å². The lowest BCUT2D eigenvalue weighted by molar-refractivity contribution is -0.167. The van der Waals surface area contributed by atoms with E-state index < -0.39 is 6.10 Å². The van der Waals surface area contributed by atoms with E-state index >= 15 is 0 Å². The van der Waals surface area contributed by atoms with Crippen LogP contribution in [-0.2, 0) is 28.6 Å². The molecule has 0 N–H and O–H groups in total. The Morgan fingerprint density at radius 1 is 0.263 bits per heavy atom. The maximum Gasteiger partial charge on any atom is 0.306 e. The second-order valence-corrected chi connectivity index (χ2v) is 21.6. The standard InChI is InChI=1S/C74H122O6/c1-4-7-10-13-16-19-22-25-27-28-29-30-31-32-33-34-35-36-37-38-39-40-41-42-43-44-45-46-47-50-52-55-58-61-64-67-73(76)79-70-71(69-78-72(75)66-63-60-57-54-51-48-24-21-18-15-12-9-6-3)80-74(77)68-65-62-59-56-53-49-26-23-20-17-14-11-8-5-2/h7,9-10,12,16,18-19,21,23,25-27,29-30,32-33,35-36,38-39,48,51,71H,4-6,8,11,13-15,17,20,22,24,28,31,34,37,40-47,49-50,52-70H2,1-3H3/b10-7-,12-9-,19-16-,21-18-,26-23-,27-25-,30-29-,33-32-,36-35-,39-38-,51-48-. The molecule has 0 saturated heterocycles. The van der Waals surface area contributed by atoms with Crippen molar-refractivity contribution in [3.8, 4) is 0 Å². The molecule has 1 unspecified atom stereocenters. The number of carbonyl (C=O) groups excluding carboxylic acids is 3. The molecule has 0 rings (SSSR count). The molecule has 1 atom stereocenters. The zero-order chi connectivity index (χ0) is 57.8. The van der Waals surface area contributed by atoms with Gasteiger partial charge in [0.15, 0.2) is 6.10 Å². The van der Waals surface area contributed by atoms with Gasteiger partial charge < -0.3 is 14.2 Å². The Labute approximate surface area is 494 Å². The van der Waals surface area contributed by atoms with Gasteiger partial charge >= 0.3 is 17.9 Å². The molecule has 0 radical (unpaired) electrons. The van der Waals surface area contributed by atoms with E-state index in [1.165, 1.54) is 116 Å². The maximum atomic E-state index is 12.9. The first-order valence-electron chi connectivity index (χ1n) is 33.2. The van der Waals surface area contributed by atoms with E-state index in [0.717, 1.165) is 141 Å². The first-order chi connectivity index (χ1) is 39.5. The van der Waals surface area contributed by atoms with Crippen LogP contribution in [0.2, 0.25) is 0 Å². The van der Waals surface area contributed by atoms with Crippen molar-refractivity contribution in [3.63, 3.8) is 0 Å². The number of esters is 3. The highest BCUT2D eigenvalue weighted by atomic mass is 16.6. The fourth-order valence-corrected chi connectivity index (χ4v) is 8.96. The predicted molar refractivity (Wildman–Crippen MR) is 348 cm³/mol. The minimum Gasteiger partial charge on any atom is -0.462 e. The lowest BCUT2D eigenvalue weighted by Crippen LogP contribution is -2.30. The number of hydrogen-bond donors (Lipinski definition) is 0. The Morgan fingerprint density at radius 3 is 0.787 bits per heavy atom. The third kappa shape index (κ3) is 64.4. The van der Waals surface area contributed by atoms with Crippen molar-refractivity contribution in [2.75, 3.05) is 13.2 Å². The third-order valence-electron chi connectivity index (χ3n) is 13.9. The van der Waals surface area contributed by atoms with Gasteiger partial charge in [0.05, 0.1) is 0 Å². The van der Waals surface area contributed by atoms with Crippen molar-refractivity contribution >= 4 is 17.9 Å². The summed E-state index contributed by atoms with van der Waals surface area (Å²) < 4.78 is 16.9. The largest absolute Gasteiger partial charge is 0.462 e. The van der Waals surface area contributed by atoms with Crippen LogP contribution in [0.25, 0.3) is 0 Å². The molecule has 0 aliphatic rings. The molecular weight excluding hydrogens is 985 g/mol. The quantitative estimate of drug-likeness (QED) is 0.0261. The molecule has 0 aromatic heterocycles. The fourth-order valence-electron chi connectivity index (χ4n) is 8.96. The van der Waals surface area contributed by atoms with E-state index in [1.807, 2.05) is 0 Å². The normalized spacial score (nSPS) is 13.0. The molecule has 0 aliphatic carbocycles. The van der Waals surface area contributed by atoms with Crippen LogP contribution in [-0.4, -0.2) is 37.2 Å². The summed E-state index contributed by atoms with van der Waals surface area (Å²) >= 11 is 0. The van der Waals surface area contributed by atoms with Crippen LogP contribution in [0.15, 0.2) is 134 Å². The SMILES string of the molecule is CC/C=C\C/C=C\C/C=C\C/C=C\C/C=C\C/C=C\C/C=C\CCCCCCCCCCCCCCCC(=O)OCC(COC(=O)CCCCC/C=C\C/C=C\C/C=C\CC)OC(=O)CCCCCCC/C=C\CCCCCCC. The predicted octanol–water partition coefficient (Wildman–Crippen LogP) is 22.9. The molecule has 0 amide bonds. The van der Waals surface area contributed by atoms with Gasteiger partial charge in [-0.25, -0.2) is 0 Å². The number of hydrogen-bond acceptors (Lipinski definition) is 6. The molecule has 0 aromatic carbocycles. The summed E-state index contributed by atoms with van der Waals surface area (Å²) in [6.07, 6.45) is 94.8. The topological polar surface area (TPSA) is 78.9 Å². The zero-order valence-corrected chi connectivity index (χ0v) is 52.0. The molecule has 0 aliphatic heterocycles. The third-order valence-corrected chi connectivity index (χ3v) is 13.9. The first-order valence-corrected chi connectivity index (χ1v) is 33.2. The summed E-state index contributed by atoms with van der Waals surface area (Å²) in [4.78, 5) is 38.2. The number of ether oxygens (including phenoxy) is 3. The van der Waals surface area contributed by atoms with E-state index in [4.69, 9.17) is 14.2 Å². The van der Waals surface area contributed by atoms with Crippen LogP contribution in [0, 0.1) is 0 Å². The molecule has 0 spiro atoms. The second kappa shape index (κ2) is 67.1. The van der Waals surface area contributed by atoms with Gasteiger partial charge in [0, 0.05) is 19.3 Å². The molecule has 454 valence electrons. The van der Waals surface area contributed by atoms with E-state index in [2.05, 4.69) is 154 Å². The van der Waals surface area contributed by atoms with Crippen molar-refractivity contribution < 1.29 is 28.6 Å².